The summed E-state index contributed by atoms with van der Waals surface area (Å²) in [4.78, 5) is 4.55. The maximum absolute atomic E-state index is 13.9. The first kappa shape index (κ1) is 28.1. The third-order valence-corrected chi connectivity index (χ3v) is 6.05. The van der Waals surface area contributed by atoms with Crippen molar-refractivity contribution in [2.24, 2.45) is 4.99 Å². The summed E-state index contributed by atoms with van der Waals surface area (Å²) < 4.78 is 66.3. The number of unbranched alkanes of at least 4 members (excludes halogenated alkanes) is 5. The molecule has 1 fully saturated rings. The summed E-state index contributed by atoms with van der Waals surface area (Å²) in [7, 11) is 1.44. The molecule has 2 rings (SSSR count). The zero-order valence-corrected chi connectivity index (χ0v) is 20.7. The molecule has 1 saturated heterocycles. The summed E-state index contributed by atoms with van der Waals surface area (Å²) >= 11 is 0. The number of nitrogens with one attached hydrogen (secondary N) is 1. The number of allylic oxidation sites excluding steroid dienone is 1. The van der Waals surface area contributed by atoms with Gasteiger partial charge in [-0.15, -0.1) is 0 Å². The summed E-state index contributed by atoms with van der Waals surface area (Å²) in [5.74, 6) is 0.0897. The van der Waals surface area contributed by atoms with E-state index in [4.69, 9.17) is 9.47 Å². The summed E-state index contributed by atoms with van der Waals surface area (Å²) in [6, 6.07) is 3.63. The number of hydrogen-bond acceptors (Lipinski definition) is 4. The zero-order chi connectivity index (χ0) is 25.1. The van der Waals surface area contributed by atoms with E-state index in [2.05, 4.69) is 17.2 Å². The molecule has 0 spiro atoms. The van der Waals surface area contributed by atoms with E-state index in [0.717, 1.165) is 37.3 Å². The molecule has 1 heterocycles. The normalized spacial score (nSPS) is 19.8. The first-order valence-electron chi connectivity index (χ1n) is 12.2. The highest BCUT2D eigenvalue weighted by Crippen LogP contribution is 2.39. The molecule has 0 amide bonds. The number of ether oxygens (including phenoxy) is 2. The van der Waals surface area contributed by atoms with E-state index >= 15 is 0 Å². The lowest BCUT2D eigenvalue weighted by Crippen LogP contribution is -2.32. The number of nitrogens with zero attached hydrogens (tertiary/aromatic N) is 1. The first-order chi connectivity index (χ1) is 16.2. The van der Waals surface area contributed by atoms with Gasteiger partial charge in [0.25, 0.3) is 0 Å². The first-order valence-corrected chi connectivity index (χ1v) is 12.2. The number of aliphatic imine (C=N–C) groups is 1. The molecule has 0 radical (unpaired) electrons. The van der Waals surface area contributed by atoms with Crippen LogP contribution in [0, 0.1) is 0 Å². The van der Waals surface area contributed by atoms with E-state index < -0.39 is 24.0 Å². The predicted molar refractivity (Wildman–Crippen MR) is 129 cm³/mol. The van der Waals surface area contributed by atoms with Crippen LogP contribution >= 0.6 is 0 Å². The lowest BCUT2D eigenvalue weighted by molar-refractivity contribution is -0.139. The lowest BCUT2D eigenvalue weighted by atomic mass is 10.0. The number of methoxy groups -OCH3 is 1. The van der Waals surface area contributed by atoms with E-state index in [1.54, 1.807) is 6.07 Å². The fourth-order valence-corrected chi connectivity index (χ4v) is 3.92. The van der Waals surface area contributed by atoms with Crippen molar-refractivity contribution in [3.63, 3.8) is 0 Å². The van der Waals surface area contributed by atoms with Crippen molar-refractivity contribution < 1.29 is 27.0 Å². The van der Waals surface area contributed by atoms with E-state index in [9.17, 15) is 17.6 Å². The fourth-order valence-electron chi connectivity index (χ4n) is 3.92. The van der Waals surface area contributed by atoms with E-state index in [-0.39, 0.29) is 31.2 Å². The van der Waals surface area contributed by atoms with Gasteiger partial charge < -0.3 is 14.8 Å². The van der Waals surface area contributed by atoms with Crippen molar-refractivity contribution in [2.45, 2.75) is 90.5 Å². The average molecular weight is 487 g/mol. The smallest absolute Gasteiger partial charge is 0.419 e. The lowest BCUT2D eigenvalue weighted by Gasteiger charge is -2.18. The van der Waals surface area contributed by atoms with Gasteiger partial charge in [0, 0.05) is 18.5 Å². The van der Waals surface area contributed by atoms with Crippen LogP contribution in [0.2, 0.25) is 0 Å². The molecule has 2 atom stereocenters. The standard InChI is InChI=1S/C26H38F4N2O2/c1-5-7-8-9-10-11-14-34-23-13-12-19(15-21(23)26(28,29)30)24(18(3)6-2)32-25(33-4)22-16-20(27)17-31-22/h12-13,15,20,22,31H,5-11,14,16-17H2,1-4H3/b24-18+,32-25?. The van der Waals surface area contributed by atoms with Gasteiger partial charge in [0.1, 0.15) is 11.9 Å². The number of halogens is 4. The Balaban J connectivity index is 2.28. The van der Waals surface area contributed by atoms with Gasteiger partial charge in [0.2, 0.25) is 5.90 Å². The van der Waals surface area contributed by atoms with E-state index in [1.807, 2.05) is 13.8 Å². The minimum absolute atomic E-state index is 0.174. The van der Waals surface area contributed by atoms with Crippen LogP contribution in [0.15, 0.2) is 28.8 Å². The molecule has 192 valence electrons. The second-order valence-corrected chi connectivity index (χ2v) is 8.76. The van der Waals surface area contributed by atoms with Crippen LogP contribution in [0.5, 0.6) is 5.75 Å². The largest absolute Gasteiger partial charge is 0.493 e. The van der Waals surface area contributed by atoms with Crippen molar-refractivity contribution in [3.8, 4) is 5.75 Å². The number of hydrogen-bond donors (Lipinski definition) is 1. The van der Waals surface area contributed by atoms with Crippen LogP contribution < -0.4 is 10.1 Å². The van der Waals surface area contributed by atoms with Crippen LogP contribution in [-0.2, 0) is 10.9 Å². The van der Waals surface area contributed by atoms with Crippen LogP contribution in [0.1, 0.15) is 83.3 Å². The molecule has 1 aliphatic rings. The molecule has 4 nitrogen and oxygen atoms in total. The summed E-state index contributed by atoms with van der Waals surface area (Å²) in [5.41, 5.74) is 0.701. The van der Waals surface area contributed by atoms with Crippen LogP contribution in [0.25, 0.3) is 5.70 Å². The molecule has 1 aromatic rings. The molecular formula is C26H38F4N2O2. The highest BCUT2D eigenvalue weighted by molar-refractivity contribution is 5.88. The molecule has 0 aliphatic carbocycles. The molecule has 2 unspecified atom stereocenters. The highest BCUT2D eigenvalue weighted by atomic mass is 19.4. The maximum Gasteiger partial charge on any atom is 0.419 e. The molecule has 34 heavy (non-hydrogen) atoms. The van der Waals surface area contributed by atoms with Gasteiger partial charge in [0.05, 0.1) is 31.0 Å². The second kappa shape index (κ2) is 13.7. The van der Waals surface area contributed by atoms with E-state index in [1.165, 1.54) is 19.6 Å². The topological polar surface area (TPSA) is 42.9 Å². The molecule has 0 aromatic heterocycles. The number of benzene rings is 1. The van der Waals surface area contributed by atoms with Gasteiger partial charge in [-0.25, -0.2) is 9.38 Å². The van der Waals surface area contributed by atoms with Crippen molar-refractivity contribution in [3.05, 3.63) is 34.9 Å². The molecule has 1 aliphatic heterocycles. The molecule has 0 saturated carbocycles. The number of rotatable bonds is 12. The molecule has 8 heteroatoms. The predicted octanol–water partition coefficient (Wildman–Crippen LogP) is 7.33. The Bertz CT molecular complexity index is 837. The average Bonchev–Trinajstić information content (AvgIpc) is 3.24. The quantitative estimate of drug-likeness (QED) is 0.146. The number of alkyl halides is 4. The Hall–Kier alpha value is -2.09. The van der Waals surface area contributed by atoms with Gasteiger partial charge in [-0.05, 0) is 43.5 Å². The fraction of sp³-hybridized carbons (Fsp3) is 0.654. The van der Waals surface area contributed by atoms with Gasteiger partial charge in [-0.1, -0.05) is 46.0 Å². The molecule has 0 bridgehead atoms. The minimum atomic E-state index is -4.57. The SMILES string of the molecule is CCCCCCCCOc1ccc(/C(N=C(OC)C2CC(F)CN2)=C(/C)CC)cc1C(F)(F)F. The zero-order valence-electron chi connectivity index (χ0n) is 20.7. The van der Waals surface area contributed by atoms with Crippen molar-refractivity contribution in [1.29, 1.82) is 0 Å². The molecule has 1 N–H and O–H groups in total. The van der Waals surface area contributed by atoms with Crippen LogP contribution in [0.3, 0.4) is 0 Å². The third-order valence-electron chi connectivity index (χ3n) is 6.05. The highest BCUT2D eigenvalue weighted by Gasteiger charge is 2.35. The second-order valence-electron chi connectivity index (χ2n) is 8.76. The minimum Gasteiger partial charge on any atom is -0.493 e. The Labute approximate surface area is 200 Å². The summed E-state index contributed by atoms with van der Waals surface area (Å²) in [6.45, 7) is 6.31. The van der Waals surface area contributed by atoms with Crippen molar-refractivity contribution >= 4 is 11.6 Å². The Morgan fingerprint density at radius 1 is 1.12 bits per heavy atom. The molecule has 1 aromatic carbocycles. The summed E-state index contributed by atoms with van der Waals surface area (Å²) in [6.07, 6.45) is 1.40. The Morgan fingerprint density at radius 2 is 1.82 bits per heavy atom. The van der Waals surface area contributed by atoms with Crippen molar-refractivity contribution in [2.75, 3.05) is 20.3 Å². The molecular weight excluding hydrogens is 448 g/mol. The maximum atomic E-state index is 13.9. The third kappa shape index (κ3) is 8.29. The van der Waals surface area contributed by atoms with Crippen LogP contribution in [-0.4, -0.2) is 38.4 Å². The van der Waals surface area contributed by atoms with Gasteiger partial charge in [-0.2, -0.15) is 13.2 Å². The van der Waals surface area contributed by atoms with Crippen LogP contribution in [0.4, 0.5) is 17.6 Å². The monoisotopic (exact) mass is 486 g/mol. The van der Waals surface area contributed by atoms with Gasteiger partial charge >= 0.3 is 6.18 Å². The van der Waals surface area contributed by atoms with Gasteiger partial charge in [-0.3, -0.25) is 0 Å². The Kier molecular flexibility index (Phi) is 11.4. The van der Waals surface area contributed by atoms with Crippen molar-refractivity contribution in [1.82, 2.24) is 5.32 Å². The van der Waals surface area contributed by atoms with Gasteiger partial charge in [0.15, 0.2) is 0 Å². The summed E-state index contributed by atoms with van der Waals surface area (Å²) in [5, 5.41) is 3.01. The Morgan fingerprint density at radius 3 is 2.41 bits per heavy atom. The van der Waals surface area contributed by atoms with E-state index in [0.29, 0.717) is 24.1 Å².